The van der Waals surface area contributed by atoms with Crippen LogP contribution in [-0.4, -0.2) is 60.7 Å². The minimum absolute atomic E-state index is 0.0511. The smallest absolute Gasteiger partial charge is 0.417 e. The summed E-state index contributed by atoms with van der Waals surface area (Å²) in [6.07, 6.45) is 0.981. The van der Waals surface area contributed by atoms with Crippen LogP contribution < -0.4 is 11.1 Å². The quantitative estimate of drug-likeness (QED) is 0.538. The lowest BCUT2D eigenvalue weighted by Gasteiger charge is -2.33. The first-order valence-electron chi connectivity index (χ1n) is 11.7. The molecule has 0 aliphatic heterocycles. The number of amides is 3. The fourth-order valence-corrected chi connectivity index (χ4v) is 3.78. The number of nitrogens with two attached hydrogens (primary N) is 1. The maximum Gasteiger partial charge on any atom is 0.417 e. The van der Waals surface area contributed by atoms with Crippen LogP contribution in [0.4, 0.5) is 4.79 Å². The molecule has 12 heteroatoms. The SMILES string of the molecule is CC[C@@H](C(=O)NCc1cc(Cl)ccc1-n1cnnn1)N(C(=O)OC(C)(C)C)C(=O)[C@H](N)CC(C)(C)C. The highest BCUT2D eigenvalue weighted by Crippen LogP contribution is 2.23. The fraction of sp³-hybridized carbons (Fsp3) is 0.583. The van der Waals surface area contributed by atoms with E-state index in [0.717, 1.165) is 4.90 Å². The van der Waals surface area contributed by atoms with Crippen molar-refractivity contribution in [1.29, 1.82) is 0 Å². The summed E-state index contributed by atoms with van der Waals surface area (Å²) in [5.74, 6) is -1.21. The van der Waals surface area contributed by atoms with Crippen LogP contribution in [0.25, 0.3) is 5.69 Å². The van der Waals surface area contributed by atoms with Crippen molar-refractivity contribution < 1.29 is 19.1 Å². The number of carbonyl (C=O) groups excluding carboxylic acids is 3. The minimum atomic E-state index is -1.13. The van der Waals surface area contributed by atoms with Crippen molar-refractivity contribution in [2.45, 2.75) is 85.5 Å². The number of nitrogens with one attached hydrogen (secondary N) is 1. The average molecular weight is 522 g/mol. The Morgan fingerprint density at radius 3 is 2.39 bits per heavy atom. The van der Waals surface area contributed by atoms with E-state index >= 15 is 0 Å². The first-order chi connectivity index (χ1) is 16.6. The van der Waals surface area contributed by atoms with Gasteiger partial charge in [0.25, 0.3) is 0 Å². The molecule has 3 amide bonds. The second-order valence-corrected chi connectivity index (χ2v) is 11.2. The molecule has 1 aromatic heterocycles. The van der Waals surface area contributed by atoms with E-state index in [1.165, 1.54) is 11.0 Å². The Bertz CT molecular complexity index is 1060. The number of hydrogen-bond acceptors (Lipinski definition) is 8. The summed E-state index contributed by atoms with van der Waals surface area (Å²) in [4.78, 5) is 40.6. The van der Waals surface area contributed by atoms with E-state index in [2.05, 4.69) is 20.8 Å². The van der Waals surface area contributed by atoms with Gasteiger partial charge in [-0.1, -0.05) is 39.3 Å². The van der Waals surface area contributed by atoms with Crippen LogP contribution in [0.15, 0.2) is 24.5 Å². The summed E-state index contributed by atoms with van der Waals surface area (Å²) < 4.78 is 6.91. The molecular formula is C24H36ClN7O4. The number of nitrogens with zero attached hydrogens (tertiary/aromatic N) is 5. The zero-order chi connectivity index (χ0) is 27.3. The summed E-state index contributed by atoms with van der Waals surface area (Å²) in [5.41, 5.74) is 6.30. The third-order valence-corrected chi connectivity index (χ3v) is 5.30. The van der Waals surface area contributed by atoms with Gasteiger partial charge in [0.1, 0.15) is 18.0 Å². The molecule has 1 aromatic carbocycles. The molecule has 3 N–H and O–H groups in total. The summed E-state index contributed by atoms with van der Waals surface area (Å²) in [5, 5.41) is 14.4. The Balaban J connectivity index is 2.32. The van der Waals surface area contributed by atoms with Crippen LogP contribution in [0.2, 0.25) is 5.02 Å². The van der Waals surface area contributed by atoms with Crippen molar-refractivity contribution in [2.75, 3.05) is 0 Å². The van der Waals surface area contributed by atoms with Gasteiger partial charge in [-0.15, -0.1) is 5.10 Å². The van der Waals surface area contributed by atoms with Crippen LogP contribution in [0.1, 0.15) is 66.9 Å². The van der Waals surface area contributed by atoms with E-state index in [9.17, 15) is 14.4 Å². The van der Waals surface area contributed by atoms with E-state index in [4.69, 9.17) is 22.1 Å². The maximum absolute atomic E-state index is 13.4. The molecule has 2 rings (SSSR count). The van der Waals surface area contributed by atoms with Crippen LogP contribution in [0.3, 0.4) is 0 Å². The van der Waals surface area contributed by atoms with E-state index in [1.807, 2.05) is 20.8 Å². The van der Waals surface area contributed by atoms with Crippen LogP contribution in [-0.2, 0) is 20.9 Å². The van der Waals surface area contributed by atoms with Gasteiger partial charge in [-0.3, -0.25) is 9.59 Å². The highest BCUT2D eigenvalue weighted by Gasteiger charge is 2.39. The lowest BCUT2D eigenvalue weighted by Crippen LogP contribution is -2.57. The van der Waals surface area contributed by atoms with Gasteiger partial charge in [0, 0.05) is 11.6 Å². The monoisotopic (exact) mass is 521 g/mol. The van der Waals surface area contributed by atoms with Crippen molar-refractivity contribution >= 4 is 29.5 Å². The van der Waals surface area contributed by atoms with E-state index in [1.54, 1.807) is 45.9 Å². The Morgan fingerprint density at radius 2 is 1.86 bits per heavy atom. The molecule has 0 radical (unpaired) electrons. The highest BCUT2D eigenvalue weighted by atomic mass is 35.5. The molecule has 11 nitrogen and oxygen atoms in total. The van der Waals surface area contributed by atoms with Gasteiger partial charge >= 0.3 is 6.09 Å². The highest BCUT2D eigenvalue weighted by molar-refractivity contribution is 6.30. The average Bonchev–Trinajstić information content (AvgIpc) is 3.27. The first kappa shape index (κ1) is 29.2. The number of halogens is 1. The summed E-state index contributed by atoms with van der Waals surface area (Å²) in [7, 11) is 0. The van der Waals surface area contributed by atoms with Crippen molar-refractivity contribution in [1.82, 2.24) is 30.4 Å². The Morgan fingerprint density at radius 1 is 1.19 bits per heavy atom. The second-order valence-electron chi connectivity index (χ2n) is 10.7. The molecule has 0 bridgehead atoms. The Labute approximate surface area is 216 Å². The molecule has 198 valence electrons. The summed E-state index contributed by atoms with van der Waals surface area (Å²) >= 11 is 6.16. The first-order valence-corrected chi connectivity index (χ1v) is 12.1. The summed E-state index contributed by atoms with van der Waals surface area (Å²) in [6.45, 7) is 12.6. The van der Waals surface area contributed by atoms with Crippen LogP contribution in [0.5, 0.6) is 0 Å². The van der Waals surface area contributed by atoms with Gasteiger partial charge in [0.15, 0.2) is 0 Å². The molecule has 0 fully saturated rings. The minimum Gasteiger partial charge on any atom is -0.443 e. The molecule has 0 saturated carbocycles. The van der Waals surface area contributed by atoms with Crippen molar-refractivity contribution in [3.63, 3.8) is 0 Å². The lowest BCUT2D eigenvalue weighted by molar-refractivity contribution is -0.141. The molecule has 2 aromatic rings. The van der Waals surface area contributed by atoms with Crippen molar-refractivity contribution in [3.05, 3.63) is 35.1 Å². The van der Waals surface area contributed by atoms with Gasteiger partial charge < -0.3 is 15.8 Å². The van der Waals surface area contributed by atoms with E-state index in [-0.39, 0.29) is 18.4 Å². The zero-order valence-electron chi connectivity index (χ0n) is 21.9. The Hall–Kier alpha value is -3.05. The predicted molar refractivity (Wildman–Crippen MR) is 135 cm³/mol. The summed E-state index contributed by atoms with van der Waals surface area (Å²) in [6, 6.07) is 2.96. The largest absolute Gasteiger partial charge is 0.443 e. The number of imide groups is 1. The third-order valence-electron chi connectivity index (χ3n) is 5.07. The lowest BCUT2D eigenvalue weighted by atomic mass is 9.88. The standard InChI is InChI=1S/C24H36ClN7O4/c1-8-18(32(22(35)36-24(5,6)7)21(34)17(26)12-23(2,3)4)20(33)27-13-15-11-16(25)9-10-19(15)31-14-28-29-30-31/h9-11,14,17-18H,8,12-13,26H2,1-7H3,(H,27,33)/t17-,18+/m1/s1. The second kappa shape index (κ2) is 11.8. The van der Waals surface area contributed by atoms with Gasteiger partial charge in [-0.25, -0.2) is 14.4 Å². The fourth-order valence-electron chi connectivity index (χ4n) is 3.58. The molecule has 0 unspecified atom stereocenters. The molecule has 0 spiro atoms. The van der Waals surface area contributed by atoms with Gasteiger partial charge in [-0.05, 0) is 73.2 Å². The van der Waals surface area contributed by atoms with E-state index in [0.29, 0.717) is 22.7 Å². The Kier molecular flexibility index (Phi) is 9.56. The molecule has 2 atom stereocenters. The van der Waals surface area contributed by atoms with Gasteiger partial charge in [-0.2, -0.15) is 0 Å². The molecule has 1 heterocycles. The van der Waals surface area contributed by atoms with E-state index < -0.39 is 35.6 Å². The van der Waals surface area contributed by atoms with Crippen molar-refractivity contribution in [3.8, 4) is 5.69 Å². The van der Waals surface area contributed by atoms with Crippen LogP contribution in [0, 0.1) is 5.41 Å². The number of aromatic nitrogens is 4. The number of tetrazole rings is 1. The molecular weight excluding hydrogens is 486 g/mol. The zero-order valence-corrected chi connectivity index (χ0v) is 22.7. The maximum atomic E-state index is 13.4. The van der Waals surface area contributed by atoms with Gasteiger partial charge in [0.05, 0.1) is 11.7 Å². The molecule has 36 heavy (non-hydrogen) atoms. The van der Waals surface area contributed by atoms with Crippen LogP contribution >= 0.6 is 11.6 Å². The number of hydrogen-bond donors (Lipinski definition) is 2. The third kappa shape index (κ3) is 8.27. The number of rotatable bonds is 8. The molecule has 0 saturated heterocycles. The predicted octanol–water partition coefficient (Wildman–Crippen LogP) is 3.24. The molecule has 0 aliphatic rings. The number of ether oxygens (including phenoxy) is 1. The number of carbonyl (C=O) groups is 3. The topological polar surface area (TPSA) is 145 Å². The van der Waals surface area contributed by atoms with Gasteiger partial charge in [0.2, 0.25) is 11.8 Å². The van der Waals surface area contributed by atoms with Crippen molar-refractivity contribution in [2.24, 2.45) is 11.1 Å². The molecule has 0 aliphatic carbocycles. The number of benzene rings is 1. The normalized spacial score (nSPS) is 13.6.